The minimum atomic E-state index is -4.48. The van der Waals surface area contributed by atoms with E-state index < -0.39 is 11.7 Å². The molecular formula is C26H22F4N8. The minimum absolute atomic E-state index is 0.0175. The van der Waals surface area contributed by atoms with E-state index in [4.69, 9.17) is 4.98 Å². The Morgan fingerprint density at radius 1 is 0.974 bits per heavy atom. The number of halogens is 4. The van der Waals surface area contributed by atoms with Gasteiger partial charge >= 0.3 is 6.18 Å². The number of aromatic amines is 1. The summed E-state index contributed by atoms with van der Waals surface area (Å²) < 4.78 is 54.7. The molecule has 12 heteroatoms. The first-order valence-electron chi connectivity index (χ1n) is 11.9. The van der Waals surface area contributed by atoms with Gasteiger partial charge in [0.2, 0.25) is 0 Å². The van der Waals surface area contributed by atoms with Gasteiger partial charge in [-0.1, -0.05) is 12.1 Å². The zero-order valence-electron chi connectivity index (χ0n) is 20.0. The van der Waals surface area contributed by atoms with Crippen molar-refractivity contribution in [2.45, 2.75) is 18.8 Å². The lowest BCUT2D eigenvalue weighted by atomic mass is 10.0. The number of nitrogens with zero attached hydrogens (tertiary/aromatic N) is 7. The molecule has 0 amide bonds. The molecule has 38 heavy (non-hydrogen) atoms. The van der Waals surface area contributed by atoms with Crippen molar-refractivity contribution in [1.82, 2.24) is 34.4 Å². The number of nitrogens with one attached hydrogen (secondary N) is 1. The van der Waals surface area contributed by atoms with Crippen molar-refractivity contribution in [3.05, 3.63) is 96.0 Å². The molecule has 0 saturated carbocycles. The van der Waals surface area contributed by atoms with Crippen LogP contribution in [0.15, 0.2) is 73.4 Å². The fraction of sp³-hybridized carbons (Fsp3) is 0.231. The predicted octanol–water partition coefficient (Wildman–Crippen LogP) is 4.74. The molecule has 0 radical (unpaired) electrons. The van der Waals surface area contributed by atoms with Gasteiger partial charge in [-0.25, -0.2) is 19.3 Å². The SMILES string of the molecule is Fc1ccc(CN2CCN(c3ccnc(-c4cnc5ccc(C(F)(F)F)cn45)n3)CC2c2cn[nH]c2)cc1. The van der Waals surface area contributed by atoms with Gasteiger partial charge in [-0.05, 0) is 35.9 Å². The molecule has 6 rings (SSSR count). The maximum atomic E-state index is 13.4. The Hall–Kier alpha value is -4.32. The van der Waals surface area contributed by atoms with Gasteiger partial charge in [-0.15, -0.1) is 0 Å². The monoisotopic (exact) mass is 522 g/mol. The van der Waals surface area contributed by atoms with Crippen LogP contribution >= 0.6 is 0 Å². The summed E-state index contributed by atoms with van der Waals surface area (Å²) in [5.74, 6) is 0.667. The zero-order chi connectivity index (χ0) is 26.3. The number of hydrogen-bond donors (Lipinski definition) is 1. The number of alkyl halides is 3. The third-order valence-electron chi connectivity index (χ3n) is 6.72. The van der Waals surface area contributed by atoms with E-state index in [-0.39, 0.29) is 17.7 Å². The molecule has 0 spiro atoms. The van der Waals surface area contributed by atoms with Crippen molar-refractivity contribution in [3.8, 4) is 11.5 Å². The maximum absolute atomic E-state index is 13.4. The Morgan fingerprint density at radius 2 is 1.82 bits per heavy atom. The molecular weight excluding hydrogens is 500 g/mol. The molecule has 1 atom stereocenters. The Morgan fingerprint density at radius 3 is 2.58 bits per heavy atom. The highest BCUT2D eigenvalue weighted by Crippen LogP contribution is 2.32. The van der Waals surface area contributed by atoms with Crippen LogP contribution in [0.3, 0.4) is 0 Å². The summed E-state index contributed by atoms with van der Waals surface area (Å²) in [6, 6.07) is 10.6. The van der Waals surface area contributed by atoms with E-state index in [1.807, 2.05) is 6.20 Å². The van der Waals surface area contributed by atoms with E-state index in [0.717, 1.165) is 23.4 Å². The number of rotatable bonds is 5. The zero-order valence-corrected chi connectivity index (χ0v) is 20.0. The molecule has 1 fully saturated rings. The number of pyridine rings is 1. The molecule has 1 aliphatic rings. The van der Waals surface area contributed by atoms with Crippen LogP contribution in [0.2, 0.25) is 0 Å². The highest BCUT2D eigenvalue weighted by atomic mass is 19.4. The van der Waals surface area contributed by atoms with E-state index in [2.05, 4.69) is 30.0 Å². The van der Waals surface area contributed by atoms with Crippen molar-refractivity contribution in [2.24, 2.45) is 0 Å². The van der Waals surface area contributed by atoms with Crippen LogP contribution in [0.4, 0.5) is 23.4 Å². The molecule has 0 aliphatic carbocycles. The van der Waals surface area contributed by atoms with Gasteiger partial charge in [0, 0.05) is 50.3 Å². The lowest BCUT2D eigenvalue weighted by Crippen LogP contribution is -2.48. The molecule has 8 nitrogen and oxygen atoms in total. The molecule has 4 aromatic heterocycles. The van der Waals surface area contributed by atoms with Gasteiger partial charge in [-0.3, -0.25) is 14.4 Å². The molecule has 1 aromatic carbocycles. The fourth-order valence-electron chi connectivity index (χ4n) is 4.76. The average molecular weight is 523 g/mol. The smallest absolute Gasteiger partial charge is 0.353 e. The second-order valence-corrected chi connectivity index (χ2v) is 9.12. The van der Waals surface area contributed by atoms with Crippen molar-refractivity contribution in [2.75, 3.05) is 24.5 Å². The molecule has 1 unspecified atom stereocenters. The quantitative estimate of drug-likeness (QED) is 0.336. The van der Waals surface area contributed by atoms with Crippen molar-refractivity contribution >= 4 is 11.5 Å². The van der Waals surface area contributed by atoms with E-state index >= 15 is 0 Å². The van der Waals surface area contributed by atoms with E-state index in [9.17, 15) is 17.6 Å². The van der Waals surface area contributed by atoms with Crippen LogP contribution in [0, 0.1) is 5.82 Å². The van der Waals surface area contributed by atoms with Gasteiger partial charge in [0.25, 0.3) is 0 Å². The number of imidazole rings is 1. The number of H-pyrrole nitrogens is 1. The van der Waals surface area contributed by atoms with Crippen LogP contribution in [-0.4, -0.2) is 54.1 Å². The minimum Gasteiger partial charge on any atom is -0.353 e. The average Bonchev–Trinajstić information content (AvgIpc) is 3.60. The number of hydrogen-bond acceptors (Lipinski definition) is 6. The largest absolute Gasteiger partial charge is 0.417 e. The molecule has 1 N–H and O–H groups in total. The maximum Gasteiger partial charge on any atom is 0.417 e. The Kier molecular flexibility index (Phi) is 6.03. The summed E-state index contributed by atoms with van der Waals surface area (Å²) in [7, 11) is 0. The second-order valence-electron chi connectivity index (χ2n) is 9.12. The summed E-state index contributed by atoms with van der Waals surface area (Å²) in [5.41, 5.74) is 1.97. The predicted molar refractivity (Wildman–Crippen MR) is 132 cm³/mol. The summed E-state index contributed by atoms with van der Waals surface area (Å²) in [4.78, 5) is 17.7. The lowest BCUT2D eigenvalue weighted by molar-refractivity contribution is -0.137. The van der Waals surface area contributed by atoms with Crippen LogP contribution in [0.5, 0.6) is 0 Å². The van der Waals surface area contributed by atoms with Crippen LogP contribution < -0.4 is 4.90 Å². The molecule has 1 aliphatic heterocycles. The molecule has 0 bridgehead atoms. The highest BCUT2D eigenvalue weighted by molar-refractivity contribution is 5.59. The van der Waals surface area contributed by atoms with Crippen LogP contribution in [-0.2, 0) is 12.7 Å². The molecule has 194 valence electrons. The van der Waals surface area contributed by atoms with Crippen LogP contribution in [0.25, 0.3) is 17.2 Å². The summed E-state index contributed by atoms with van der Waals surface area (Å²) in [6.07, 6.45) is 3.25. The lowest BCUT2D eigenvalue weighted by Gasteiger charge is -2.41. The number of benzene rings is 1. The number of fused-ring (bicyclic) bond motifs is 1. The van der Waals surface area contributed by atoms with Crippen LogP contribution in [0.1, 0.15) is 22.7 Å². The Labute approximate surface area is 214 Å². The first-order valence-corrected chi connectivity index (χ1v) is 11.9. The van der Waals surface area contributed by atoms with Gasteiger partial charge < -0.3 is 4.90 Å². The molecule has 5 aromatic rings. The standard InChI is InChI=1S/C26H22F4N8/c27-20-4-1-17(2-5-20)14-36-9-10-37(16-22(36)18-11-33-34-12-18)24-7-8-31-25(35-24)21-13-32-23-6-3-19(15-38(21)23)26(28,29)30/h1-8,11-13,15,22H,9-10,14,16H2,(H,33,34). The highest BCUT2D eigenvalue weighted by Gasteiger charge is 2.32. The van der Waals surface area contributed by atoms with Crippen molar-refractivity contribution in [3.63, 3.8) is 0 Å². The number of piperazine rings is 1. The second kappa shape index (κ2) is 9.53. The normalized spacial score (nSPS) is 16.8. The third kappa shape index (κ3) is 4.70. The van der Waals surface area contributed by atoms with Gasteiger partial charge in [0.1, 0.15) is 23.0 Å². The third-order valence-corrected chi connectivity index (χ3v) is 6.72. The van der Waals surface area contributed by atoms with E-state index in [0.29, 0.717) is 43.3 Å². The first-order chi connectivity index (χ1) is 18.3. The molecule has 1 saturated heterocycles. The summed E-state index contributed by atoms with van der Waals surface area (Å²) in [5, 5.41) is 6.99. The summed E-state index contributed by atoms with van der Waals surface area (Å²) >= 11 is 0. The number of aromatic nitrogens is 6. The topological polar surface area (TPSA) is 78.2 Å². The van der Waals surface area contributed by atoms with E-state index in [1.165, 1.54) is 28.8 Å². The van der Waals surface area contributed by atoms with Gasteiger partial charge in [0.05, 0.1) is 24.0 Å². The Balaban J connectivity index is 1.28. The first kappa shape index (κ1) is 24.0. The number of anilines is 1. The molecule has 5 heterocycles. The fourth-order valence-corrected chi connectivity index (χ4v) is 4.76. The van der Waals surface area contributed by atoms with Gasteiger partial charge in [0.15, 0.2) is 5.82 Å². The Bertz CT molecular complexity index is 1550. The van der Waals surface area contributed by atoms with Gasteiger partial charge in [-0.2, -0.15) is 18.3 Å². The van der Waals surface area contributed by atoms with E-state index in [1.54, 1.807) is 30.6 Å². The van der Waals surface area contributed by atoms with Crippen molar-refractivity contribution < 1.29 is 17.6 Å². The van der Waals surface area contributed by atoms with Crippen molar-refractivity contribution in [1.29, 1.82) is 0 Å². The summed E-state index contributed by atoms with van der Waals surface area (Å²) in [6.45, 7) is 2.61.